The standard InChI is InChI=1S/C23H31N5O4S/c1-5-8-9-17(6-2)15-25-33(31,32)19-12-10-18(11-13-19)26-27-21-16(4)20(14-24)22(29)28(7-3)23(21)30/h10-13,17,25,30H,5-9,15H2,1-4H3/b27-26+. The van der Waals surface area contributed by atoms with Crippen LogP contribution >= 0.6 is 0 Å². The molecular weight excluding hydrogens is 442 g/mol. The molecular formula is C23H31N5O4S. The Kier molecular flexibility index (Phi) is 9.32. The van der Waals surface area contributed by atoms with Gasteiger partial charge in [0.05, 0.1) is 10.6 Å². The van der Waals surface area contributed by atoms with Crippen molar-refractivity contribution in [2.75, 3.05) is 6.54 Å². The van der Waals surface area contributed by atoms with Crippen molar-refractivity contribution in [2.45, 2.75) is 64.8 Å². The normalized spacial score (nSPS) is 12.7. The molecule has 1 unspecified atom stereocenters. The fourth-order valence-corrected chi connectivity index (χ4v) is 4.52. The Bertz CT molecular complexity index is 1200. The van der Waals surface area contributed by atoms with Crippen molar-refractivity contribution < 1.29 is 13.5 Å². The summed E-state index contributed by atoms with van der Waals surface area (Å²) >= 11 is 0. The van der Waals surface area contributed by atoms with Gasteiger partial charge in [-0.3, -0.25) is 9.36 Å². The third-order valence-electron chi connectivity index (χ3n) is 5.60. The molecule has 178 valence electrons. The first-order chi connectivity index (χ1) is 15.7. The van der Waals surface area contributed by atoms with Crippen molar-refractivity contribution in [3.8, 4) is 11.9 Å². The highest BCUT2D eigenvalue weighted by molar-refractivity contribution is 7.89. The van der Waals surface area contributed by atoms with Crippen LogP contribution in [0.1, 0.15) is 57.6 Å². The smallest absolute Gasteiger partial charge is 0.271 e. The van der Waals surface area contributed by atoms with Crippen LogP contribution in [-0.2, 0) is 16.6 Å². The van der Waals surface area contributed by atoms with Crippen LogP contribution in [0.3, 0.4) is 0 Å². The number of unbranched alkanes of at least 4 members (excludes halogenated alkanes) is 1. The van der Waals surface area contributed by atoms with Crippen LogP contribution in [0.5, 0.6) is 5.88 Å². The van der Waals surface area contributed by atoms with E-state index in [2.05, 4.69) is 28.8 Å². The van der Waals surface area contributed by atoms with Gasteiger partial charge in [-0.15, -0.1) is 5.11 Å². The number of hydrogen-bond acceptors (Lipinski definition) is 7. The number of pyridine rings is 1. The number of aromatic hydroxyl groups is 1. The predicted octanol–water partition coefficient (Wildman–Crippen LogP) is 4.66. The number of nitrogens with one attached hydrogen (secondary N) is 1. The number of hydrogen-bond donors (Lipinski definition) is 2. The fourth-order valence-electron chi connectivity index (χ4n) is 3.40. The maximum Gasteiger partial charge on any atom is 0.271 e. The zero-order valence-corrected chi connectivity index (χ0v) is 20.3. The molecule has 33 heavy (non-hydrogen) atoms. The van der Waals surface area contributed by atoms with Gasteiger partial charge in [-0.05, 0) is 50.5 Å². The maximum absolute atomic E-state index is 12.6. The van der Waals surface area contributed by atoms with Crippen molar-refractivity contribution in [3.63, 3.8) is 0 Å². The van der Waals surface area contributed by atoms with Gasteiger partial charge in [-0.2, -0.15) is 10.4 Å². The van der Waals surface area contributed by atoms with Crippen molar-refractivity contribution >= 4 is 21.4 Å². The summed E-state index contributed by atoms with van der Waals surface area (Å²) in [7, 11) is -3.65. The van der Waals surface area contributed by atoms with Gasteiger partial charge in [0, 0.05) is 18.7 Å². The number of nitrogens with zero attached hydrogens (tertiary/aromatic N) is 4. The molecule has 0 radical (unpaired) electrons. The second-order valence-electron chi connectivity index (χ2n) is 7.80. The Morgan fingerprint density at radius 3 is 2.39 bits per heavy atom. The van der Waals surface area contributed by atoms with Crippen molar-refractivity contribution in [1.29, 1.82) is 5.26 Å². The van der Waals surface area contributed by atoms with E-state index in [1.165, 1.54) is 31.2 Å². The van der Waals surface area contributed by atoms with Gasteiger partial charge < -0.3 is 5.11 Å². The van der Waals surface area contributed by atoms with E-state index in [-0.39, 0.29) is 34.1 Å². The average molecular weight is 474 g/mol. The largest absolute Gasteiger partial charge is 0.493 e. The molecule has 0 saturated carbocycles. The lowest BCUT2D eigenvalue weighted by atomic mass is 10.00. The van der Waals surface area contributed by atoms with Crippen molar-refractivity contribution in [3.05, 3.63) is 45.7 Å². The van der Waals surface area contributed by atoms with Crippen molar-refractivity contribution in [2.24, 2.45) is 16.1 Å². The molecule has 1 aromatic heterocycles. The minimum Gasteiger partial charge on any atom is -0.493 e. The first-order valence-corrected chi connectivity index (χ1v) is 12.6. The van der Waals surface area contributed by atoms with Gasteiger partial charge in [0.2, 0.25) is 15.9 Å². The first-order valence-electron chi connectivity index (χ1n) is 11.1. The zero-order valence-electron chi connectivity index (χ0n) is 19.5. The molecule has 0 bridgehead atoms. The highest BCUT2D eigenvalue weighted by Gasteiger charge is 2.19. The van der Waals surface area contributed by atoms with Gasteiger partial charge in [-0.1, -0.05) is 33.1 Å². The summed E-state index contributed by atoms with van der Waals surface area (Å²) in [6, 6.07) is 7.71. The lowest BCUT2D eigenvalue weighted by molar-refractivity contribution is 0.412. The van der Waals surface area contributed by atoms with Gasteiger partial charge in [0.15, 0.2) is 5.69 Å². The number of aromatic nitrogens is 1. The molecule has 0 fully saturated rings. The molecule has 0 aliphatic heterocycles. The minimum absolute atomic E-state index is 0.0176. The van der Waals surface area contributed by atoms with Gasteiger partial charge in [0.1, 0.15) is 11.6 Å². The number of nitriles is 1. The van der Waals surface area contributed by atoms with Crippen LogP contribution in [0.4, 0.5) is 11.4 Å². The minimum atomic E-state index is -3.65. The van der Waals surface area contributed by atoms with Crippen LogP contribution in [0.2, 0.25) is 0 Å². The molecule has 1 atom stereocenters. The number of rotatable bonds is 11. The molecule has 0 aliphatic carbocycles. The van der Waals surface area contributed by atoms with Crippen molar-refractivity contribution in [1.82, 2.24) is 9.29 Å². The van der Waals surface area contributed by atoms with E-state index in [1.807, 2.05) is 6.07 Å². The first kappa shape index (κ1) is 26.2. The van der Waals surface area contributed by atoms with E-state index in [0.29, 0.717) is 18.2 Å². The van der Waals surface area contributed by atoms with Crippen LogP contribution < -0.4 is 10.3 Å². The van der Waals surface area contributed by atoms with E-state index in [1.54, 1.807) is 6.92 Å². The molecule has 0 saturated heterocycles. The molecule has 0 spiro atoms. The quantitative estimate of drug-likeness (QED) is 0.457. The predicted molar refractivity (Wildman–Crippen MR) is 127 cm³/mol. The van der Waals surface area contributed by atoms with E-state index < -0.39 is 15.6 Å². The zero-order chi connectivity index (χ0) is 24.6. The fraction of sp³-hybridized carbons (Fsp3) is 0.478. The van der Waals surface area contributed by atoms with Gasteiger partial charge in [0.25, 0.3) is 5.56 Å². The lowest BCUT2D eigenvalue weighted by Crippen LogP contribution is -2.29. The third kappa shape index (κ3) is 6.27. The molecule has 1 heterocycles. The summed E-state index contributed by atoms with van der Waals surface area (Å²) in [6.07, 6.45) is 4.04. The van der Waals surface area contributed by atoms with Crippen LogP contribution in [-0.4, -0.2) is 24.6 Å². The molecule has 2 aromatic rings. The second kappa shape index (κ2) is 11.7. The van der Waals surface area contributed by atoms with E-state index in [9.17, 15) is 23.6 Å². The Morgan fingerprint density at radius 1 is 1.18 bits per heavy atom. The van der Waals surface area contributed by atoms with E-state index in [4.69, 9.17) is 0 Å². The average Bonchev–Trinajstić information content (AvgIpc) is 2.80. The number of benzene rings is 1. The Hall–Kier alpha value is -3.03. The Balaban J connectivity index is 2.23. The molecule has 1 aromatic carbocycles. The highest BCUT2D eigenvalue weighted by atomic mass is 32.2. The van der Waals surface area contributed by atoms with Crippen LogP contribution in [0.15, 0.2) is 44.2 Å². The highest BCUT2D eigenvalue weighted by Crippen LogP contribution is 2.32. The third-order valence-corrected chi connectivity index (χ3v) is 7.04. The molecule has 2 N–H and O–H groups in total. The van der Waals surface area contributed by atoms with E-state index in [0.717, 1.165) is 30.3 Å². The Morgan fingerprint density at radius 2 is 1.85 bits per heavy atom. The number of azo groups is 1. The summed E-state index contributed by atoms with van der Waals surface area (Å²) in [4.78, 5) is 12.4. The topological polar surface area (TPSA) is 137 Å². The summed E-state index contributed by atoms with van der Waals surface area (Å²) in [5.74, 6) is -0.0758. The molecule has 10 heteroatoms. The van der Waals surface area contributed by atoms with Gasteiger partial charge in [-0.25, -0.2) is 13.1 Å². The number of sulfonamides is 1. The summed E-state index contributed by atoms with van der Waals surface area (Å²) in [5.41, 5.74) is -0.0965. The lowest BCUT2D eigenvalue weighted by Gasteiger charge is -2.15. The summed E-state index contributed by atoms with van der Waals surface area (Å²) in [6.45, 7) is 7.91. The molecule has 9 nitrogen and oxygen atoms in total. The van der Waals surface area contributed by atoms with Gasteiger partial charge >= 0.3 is 0 Å². The van der Waals surface area contributed by atoms with Crippen LogP contribution in [0, 0.1) is 24.2 Å². The second-order valence-corrected chi connectivity index (χ2v) is 9.56. The Labute approximate surface area is 194 Å². The molecule has 2 rings (SSSR count). The maximum atomic E-state index is 12.6. The summed E-state index contributed by atoms with van der Waals surface area (Å²) in [5, 5.41) is 27.7. The SMILES string of the molecule is CCCCC(CC)CNS(=O)(=O)c1ccc(/N=N/c2c(C)c(C#N)c(=O)n(CC)c2O)cc1. The molecule has 0 aliphatic rings. The molecule has 0 amide bonds. The summed E-state index contributed by atoms with van der Waals surface area (Å²) < 4.78 is 29.0. The monoisotopic (exact) mass is 473 g/mol. The van der Waals surface area contributed by atoms with Crippen LogP contribution in [0.25, 0.3) is 0 Å². The van der Waals surface area contributed by atoms with E-state index >= 15 is 0 Å².